The average molecular weight is 515 g/mol. The van der Waals surface area contributed by atoms with Gasteiger partial charge in [-0.3, -0.25) is 4.79 Å². The number of nitrogens with one attached hydrogen (secondary N) is 2. The Kier molecular flexibility index (Phi) is 11.3. The van der Waals surface area contributed by atoms with Gasteiger partial charge in [0.05, 0.1) is 6.42 Å². The van der Waals surface area contributed by atoms with Crippen molar-refractivity contribution in [1.82, 2.24) is 15.5 Å². The summed E-state index contributed by atoms with van der Waals surface area (Å²) in [5.41, 5.74) is 2.36. The molecular formula is C29H37Cl2N3O. The number of carbonyl (C=O) groups is 1. The highest BCUT2D eigenvalue weighted by atomic mass is 35.5. The summed E-state index contributed by atoms with van der Waals surface area (Å²) in [4.78, 5) is 15.0. The van der Waals surface area contributed by atoms with Crippen molar-refractivity contribution in [3.8, 4) is 0 Å². The van der Waals surface area contributed by atoms with Crippen LogP contribution in [0.3, 0.4) is 0 Å². The number of benzene rings is 3. The lowest BCUT2D eigenvalue weighted by atomic mass is 9.95. The predicted molar refractivity (Wildman–Crippen MR) is 149 cm³/mol. The first kappa shape index (κ1) is 27.5. The van der Waals surface area contributed by atoms with E-state index in [0.717, 1.165) is 69.1 Å². The Balaban J connectivity index is 0.00000342. The second kappa shape index (κ2) is 14.4. The van der Waals surface area contributed by atoms with Gasteiger partial charge in [0.25, 0.3) is 0 Å². The number of unbranched alkanes of at least 4 members (excludes halogenated alkanes) is 1. The zero-order valence-corrected chi connectivity index (χ0v) is 21.9. The molecule has 4 nitrogen and oxygen atoms in total. The van der Waals surface area contributed by atoms with Crippen molar-refractivity contribution >= 4 is 40.7 Å². The minimum atomic E-state index is 0. The third kappa shape index (κ3) is 8.50. The zero-order valence-electron chi connectivity index (χ0n) is 20.3. The highest BCUT2D eigenvalue weighted by molar-refractivity contribution is 6.30. The van der Waals surface area contributed by atoms with Crippen molar-refractivity contribution in [2.24, 2.45) is 5.92 Å². The molecule has 0 spiro atoms. The van der Waals surface area contributed by atoms with Crippen LogP contribution in [0.1, 0.15) is 36.8 Å². The fourth-order valence-corrected chi connectivity index (χ4v) is 5.01. The maximum atomic E-state index is 12.9. The standard InChI is InChI=1S/C29H36ClN3O.ClH/c30-27-11-5-7-24(19-27)22-32-16-4-3-15-31-21-23-13-17-33(18-14-23)29(34)20-26-10-6-9-25-8-1-2-12-28(25)26;/h1-2,5-12,19,23,31-32H,3-4,13-18,20-22H2;1H. The van der Waals surface area contributed by atoms with E-state index in [1.807, 2.05) is 30.3 Å². The molecule has 1 amide bonds. The topological polar surface area (TPSA) is 44.4 Å². The van der Waals surface area contributed by atoms with E-state index in [1.165, 1.54) is 22.8 Å². The predicted octanol–water partition coefficient (Wildman–Crippen LogP) is 5.86. The van der Waals surface area contributed by atoms with Crippen LogP contribution in [0, 0.1) is 5.92 Å². The maximum Gasteiger partial charge on any atom is 0.227 e. The SMILES string of the molecule is Cl.O=C(Cc1cccc2ccccc12)N1CCC(CNCCCCNCc2cccc(Cl)c2)CC1. The molecule has 0 bridgehead atoms. The lowest BCUT2D eigenvalue weighted by Crippen LogP contribution is -2.41. The Morgan fingerprint density at radius 2 is 1.63 bits per heavy atom. The van der Waals surface area contributed by atoms with Crippen LogP contribution in [-0.2, 0) is 17.8 Å². The molecule has 0 radical (unpaired) electrons. The number of likely N-dealkylation sites (tertiary alicyclic amines) is 1. The number of fused-ring (bicyclic) bond motifs is 1. The van der Waals surface area contributed by atoms with Crippen LogP contribution in [0.5, 0.6) is 0 Å². The van der Waals surface area contributed by atoms with Crippen LogP contribution in [0.15, 0.2) is 66.7 Å². The van der Waals surface area contributed by atoms with E-state index in [1.54, 1.807) is 0 Å². The van der Waals surface area contributed by atoms with Gasteiger partial charge in [-0.1, -0.05) is 66.2 Å². The van der Waals surface area contributed by atoms with E-state index < -0.39 is 0 Å². The second-order valence-corrected chi connectivity index (χ2v) is 9.79. The fourth-order valence-electron chi connectivity index (χ4n) is 4.79. The number of carbonyl (C=O) groups excluding carboxylic acids is 1. The van der Waals surface area contributed by atoms with Crippen LogP contribution in [0.2, 0.25) is 5.02 Å². The van der Waals surface area contributed by atoms with Crippen molar-refractivity contribution in [3.05, 3.63) is 82.9 Å². The molecule has 0 aromatic heterocycles. The summed E-state index contributed by atoms with van der Waals surface area (Å²) in [6.07, 6.45) is 5.01. The molecule has 4 rings (SSSR count). The van der Waals surface area contributed by atoms with Gasteiger partial charge in [0.1, 0.15) is 0 Å². The number of halogens is 2. The summed E-state index contributed by atoms with van der Waals surface area (Å²) in [6, 6.07) is 22.6. The highest BCUT2D eigenvalue weighted by Crippen LogP contribution is 2.21. The number of piperidine rings is 1. The Bertz CT molecular complexity index is 1060. The molecule has 3 aromatic rings. The monoisotopic (exact) mass is 513 g/mol. The number of amides is 1. The summed E-state index contributed by atoms with van der Waals surface area (Å²) in [7, 11) is 0. The molecule has 3 aromatic carbocycles. The van der Waals surface area contributed by atoms with Crippen LogP contribution < -0.4 is 10.6 Å². The van der Waals surface area contributed by atoms with Crippen molar-refractivity contribution in [2.45, 2.75) is 38.6 Å². The van der Waals surface area contributed by atoms with Crippen LogP contribution in [0.25, 0.3) is 10.8 Å². The van der Waals surface area contributed by atoms with Gasteiger partial charge < -0.3 is 15.5 Å². The Labute approximate surface area is 220 Å². The molecule has 1 fully saturated rings. The fraction of sp³-hybridized carbons (Fsp3) is 0.414. The van der Waals surface area contributed by atoms with E-state index in [9.17, 15) is 4.79 Å². The van der Waals surface area contributed by atoms with Gasteiger partial charge in [-0.15, -0.1) is 12.4 Å². The normalized spacial score (nSPS) is 14.1. The number of rotatable bonds is 11. The smallest absolute Gasteiger partial charge is 0.227 e. The molecular weight excluding hydrogens is 477 g/mol. The lowest BCUT2D eigenvalue weighted by Gasteiger charge is -2.32. The Morgan fingerprint density at radius 1 is 0.914 bits per heavy atom. The van der Waals surface area contributed by atoms with E-state index in [4.69, 9.17) is 11.6 Å². The van der Waals surface area contributed by atoms with Crippen LogP contribution in [0.4, 0.5) is 0 Å². The first-order chi connectivity index (χ1) is 16.7. The van der Waals surface area contributed by atoms with Gasteiger partial charge >= 0.3 is 0 Å². The first-order valence-electron chi connectivity index (χ1n) is 12.6. The summed E-state index contributed by atoms with van der Waals surface area (Å²) < 4.78 is 0. The molecule has 188 valence electrons. The molecule has 1 aliphatic rings. The lowest BCUT2D eigenvalue weighted by molar-refractivity contribution is -0.131. The summed E-state index contributed by atoms with van der Waals surface area (Å²) in [5, 5.41) is 10.3. The molecule has 0 unspecified atom stereocenters. The number of nitrogens with zero attached hydrogens (tertiary/aromatic N) is 1. The minimum absolute atomic E-state index is 0. The largest absolute Gasteiger partial charge is 0.342 e. The Hall–Kier alpha value is -2.11. The van der Waals surface area contributed by atoms with Crippen molar-refractivity contribution < 1.29 is 4.79 Å². The molecule has 1 saturated heterocycles. The van der Waals surface area contributed by atoms with Gasteiger partial charge in [-0.2, -0.15) is 0 Å². The van der Waals surface area contributed by atoms with Gasteiger partial charge in [-0.25, -0.2) is 0 Å². The van der Waals surface area contributed by atoms with E-state index in [2.05, 4.69) is 51.9 Å². The third-order valence-electron chi connectivity index (χ3n) is 6.80. The van der Waals surface area contributed by atoms with Crippen LogP contribution >= 0.6 is 24.0 Å². The van der Waals surface area contributed by atoms with E-state index in [-0.39, 0.29) is 18.3 Å². The minimum Gasteiger partial charge on any atom is -0.342 e. The molecule has 35 heavy (non-hydrogen) atoms. The zero-order chi connectivity index (χ0) is 23.6. The highest BCUT2D eigenvalue weighted by Gasteiger charge is 2.22. The van der Waals surface area contributed by atoms with E-state index >= 15 is 0 Å². The first-order valence-corrected chi connectivity index (χ1v) is 13.0. The van der Waals surface area contributed by atoms with Gasteiger partial charge in [0.2, 0.25) is 5.91 Å². The summed E-state index contributed by atoms with van der Waals surface area (Å²) in [6.45, 7) is 5.75. The van der Waals surface area contributed by atoms with Crippen molar-refractivity contribution in [3.63, 3.8) is 0 Å². The molecule has 0 aliphatic carbocycles. The Morgan fingerprint density at radius 3 is 2.43 bits per heavy atom. The van der Waals surface area contributed by atoms with Gasteiger partial charge in [0.15, 0.2) is 0 Å². The molecule has 6 heteroatoms. The number of hydrogen-bond donors (Lipinski definition) is 2. The van der Waals surface area contributed by atoms with Crippen molar-refractivity contribution in [1.29, 1.82) is 0 Å². The quantitative estimate of drug-likeness (QED) is 0.315. The van der Waals surface area contributed by atoms with Crippen molar-refractivity contribution in [2.75, 3.05) is 32.7 Å². The molecule has 2 N–H and O–H groups in total. The van der Waals surface area contributed by atoms with Gasteiger partial charge in [0, 0.05) is 24.7 Å². The molecule has 1 heterocycles. The molecule has 0 atom stereocenters. The van der Waals surface area contributed by atoms with E-state index in [0.29, 0.717) is 12.3 Å². The maximum absolute atomic E-state index is 12.9. The third-order valence-corrected chi connectivity index (χ3v) is 7.03. The average Bonchev–Trinajstić information content (AvgIpc) is 2.86. The van der Waals surface area contributed by atoms with Crippen LogP contribution in [-0.4, -0.2) is 43.5 Å². The van der Waals surface area contributed by atoms with Gasteiger partial charge in [-0.05, 0) is 85.3 Å². The summed E-state index contributed by atoms with van der Waals surface area (Å²) in [5.74, 6) is 0.926. The summed E-state index contributed by atoms with van der Waals surface area (Å²) >= 11 is 6.03. The number of hydrogen-bond acceptors (Lipinski definition) is 3. The molecule has 0 saturated carbocycles. The molecule has 1 aliphatic heterocycles. The second-order valence-electron chi connectivity index (χ2n) is 9.36.